The molecule has 0 aliphatic heterocycles. The zero-order chi connectivity index (χ0) is 14.3. The van der Waals surface area contributed by atoms with E-state index < -0.39 is 5.97 Å². The lowest BCUT2D eigenvalue weighted by atomic mass is 10.1. The van der Waals surface area contributed by atoms with E-state index in [1.165, 1.54) is 13.2 Å². The van der Waals surface area contributed by atoms with Gasteiger partial charge < -0.3 is 4.74 Å². The average Bonchev–Trinajstić information content (AvgIpc) is 2.35. The molecule has 0 aromatic heterocycles. The molecule has 19 heavy (non-hydrogen) atoms. The van der Waals surface area contributed by atoms with Crippen molar-refractivity contribution in [2.75, 3.05) is 7.11 Å². The molecule has 0 amide bonds. The molecule has 0 spiro atoms. The van der Waals surface area contributed by atoms with Crippen molar-refractivity contribution in [3.8, 4) is 0 Å². The summed E-state index contributed by atoms with van der Waals surface area (Å²) in [5, 5.41) is 0. The van der Waals surface area contributed by atoms with Crippen LogP contribution in [0.4, 0.5) is 5.69 Å². The van der Waals surface area contributed by atoms with Crippen LogP contribution in [0.25, 0.3) is 6.08 Å². The van der Waals surface area contributed by atoms with E-state index in [-0.39, 0.29) is 5.54 Å². The molecule has 1 aromatic rings. The Kier molecular flexibility index (Phi) is 5.22. The summed E-state index contributed by atoms with van der Waals surface area (Å²) in [6.07, 6.45) is 3.01. The second kappa shape index (κ2) is 6.66. The predicted octanol–water partition coefficient (Wildman–Crippen LogP) is 3.48. The number of benzene rings is 1. The van der Waals surface area contributed by atoms with Gasteiger partial charge in [0.05, 0.1) is 24.3 Å². The molecule has 0 saturated carbocycles. The zero-order valence-electron chi connectivity index (χ0n) is 11.7. The summed E-state index contributed by atoms with van der Waals surface area (Å²) in [6, 6.07) is 10.1. The smallest absolute Gasteiger partial charge is 0.330 e. The van der Waals surface area contributed by atoms with Gasteiger partial charge in [0.1, 0.15) is 0 Å². The SMILES string of the molecule is COC(=O)/C=C/c1ccccc1N=C=NC(C)(C)C. The molecule has 100 valence electrons. The van der Waals surface area contributed by atoms with Crippen molar-refractivity contribution < 1.29 is 9.53 Å². The highest BCUT2D eigenvalue weighted by molar-refractivity contribution is 5.88. The maximum absolute atomic E-state index is 11.1. The summed E-state index contributed by atoms with van der Waals surface area (Å²) in [4.78, 5) is 19.4. The minimum Gasteiger partial charge on any atom is -0.466 e. The number of hydrogen-bond acceptors (Lipinski definition) is 4. The summed E-state index contributed by atoms with van der Waals surface area (Å²) < 4.78 is 4.55. The number of ether oxygens (including phenoxy) is 1. The van der Waals surface area contributed by atoms with Crippen molar-refractivity contribution in [3.05, 3.63) is 35.9 Å². The largest absolute Gasteiger partial charge is 0.466 e. The lowest BCUT2D eigenvalue weighted by Crippen LogP contribution is -2.07. The standard InChI is InChI=1S/C15H18N2O2/c1-15(2,3)17-11-16-13-8-6-5-7-12(13)9-10-14(18)19-4/h5-10H,1-4H3/b10-9+. The van der Waals surface area contributed by atoms with Crippen LogP contribution in [0.3, 0.4) is 0 Å². The first-order chi connectivity index (χ1) is 8.92. The molecule has 0 heterocycles. The molecule has 0 saturated heterocycles. The Hall–Kier alpha value is -2.19. The van der Waals surface area contributed by atoms with Gasteiger partial charge in [-0.1, -0.05) is 18.2 Å². The minimum absolute atomic E-state index is 0.208. The van der Waals surface area contributed by atoms with Crippen LogP contribution in [0.2, 0.25) is 0 Å². The highest BCUT2D eigenvalue weighted by Gasteiger charge is 2.04. The van der Waals surface area contributed by atoms with Gasteiger partial charge in [-0.25, -0.2) is 9.79 Å². The van der Waals surface area contributed by atoms with Gasteiger partial charge in [-0.05, 0) is 32.9 Å². The summed E-state index contributed by atoms with van der Waals surface area (Å²) in [6.45, 7) is 5.91. The van der Waals surface area contributed by atoms with E-state index in [0.29, 0.717) is 5.69 Å². The van der Waals surface area contributed by atoms with Crippen molar-refractivity contribution >= 4 is 23.7 Å². The molecule has 4 heteroatoms. The van der Waals surface area contributed by atoms with Gasteiger partial charge in [-0.2, -0.15) is 4.99 Å². The van der Waals surface area contributed by atoms with Crippen LogP contribution in [0, 0.1) is 0 Å². The van der Waals surface area contributed by atoms with Crippen molar-refractivity contribution in [1.82, 2.24) is 0 Å². The van der Waals surface area contributed by atoms with E-state index in [1.807, 2.05) is 45.0 Å². The zero-order valence-corrected chi connectivity index (χ0v) is 11.7. The number of esters is 1. The molecule has 0 aliphatic rings. The summed E-state index contributed by atoms with van der Waals surface area (Å²) in [5.74, 6) is -0.401. The number of hydrogen-bond donors (Lipinski definition) is 0. The molecule has 0 atom stereocenters. The maximum atomic E-state index is 11.1. The average molecular weight is 258 g/mol. The van der Waals surface area contributed by atoms with Crippen molar-refractivity contribution in [1.29, 1.82) is 0 Å². The Morgan fingerprint density at radius 2 is 2.00 bits per heavy atom. The van der Waals surface area contributed by atoms with Crippen LogP contribution in [-0.2, 0) is 9.53 Å². The first kappa shape index (κ1) is 14.9. The van der Waals surface area contributed by atoms with E-state index in [9.17, 15) is 4.79 Å². The van der Waals surface area contributed by atoms with Crippen molar-refractivity contribution in [2.24, 2.45) is 9.98 Å². The Morgan fingerprint density at radius 3 is 2.63 bits per heavy atom. The Labute approximate surface area is 113 Å². The second-order valence-electron chi connectivity index (χ2n) is 4.91. The first-order valence-electron chi connectivity index (χ1n) is 5.95. The number of aliphatic imine (C=N–C) groups is 2. The van der Waals surface area contributed by atoms with Crippen LogP contribution in [0.5, 0.6) is 0 Å². The fourth-order valence-corrected chi connectivity index (χ4v) is 1.19. The molecule has 0 bridgehead atoms. The molecular weight excluding hydrogens is 240 g/mol. The van der Waals surface area contributed by atoms with Crippen molar-refractivity contribution in [2.45, 2.75) is 26.3 Å². The molecule has 0 fully saturated rings. The fourth-order valence-electron chi connectivity index (χ4n) is 1.19. The molecular formula is C15H18N2O2. The van der Waals surface area contributed by atoms with Gasteiger partial charge in [-0.3, -0.25) is 0 Å². The monoisotopic (exact) mass is 258 g/mol. The van der Waals surface area contributed by atoms with Gasteiger partial charge >= 0.3 is 5.97 Å². The highest BCUT2D eigenvalue weighted by atomic mass is 16.5. The molecule has 4 nitrogen and oxygen atoms in total. The van der Waals surface area contributed by atoms with Gasteiger partial charge in [0.25, 0.3) is 0 Å². The first-order valence-corrected chi connectivity index (χ1v) is 5.95. The Balaban J connectivity index is 3.00. The molecule has 0 aliphatic carbocycles. The van der Waals surface area contributed by atoms with E-state index in [0.717, 1.165) is 5.56 Å². The third kappa shape index (κ3) is 5.80. The van der Waals surface area contributed by atoms with Gasteiger partial charge in [0.2, 0.25) is 0 Å². The van der Waals surface area contributed by atoms with Crippen LogP contribution in [0.15, 0.2) is 40.3 Å². The fraction of sp³-hybridized carbons (Fsp3) is 0.333. The summed E-state index contributed by atoms with van der Waals surface area (Å²) in [5.41, 5.74) is 1.31. The van der Waals surface area contributed by atoms with Crippen LogP contribution in [-0.4, -0.2) is 24.6 Å². The topological polar surface area (TPSA) is 51.0 Å². The van der Waals surface area contributed by atoms with Gasteiger partial charge in [-0.15, -0.1) is 0 Å². The maximum Gasteiger partial charge on any atom is 0.330 e. The highest BCUT2D eigenvalue weighted by Crippen LogP contribution is 2.19. The van der Waals surface area contributed by atoms with E-state index >= 15 is 0 Å². The molecule has 1 aromatic carbocycles. The van der Waals surface area contributed by atoms with Gasteiger partial charge in [0.15, 0.2) is 0 Å². The third-order valence-electron chi connectivity index (χ3n) is 2.09. The molecule has 0 radical (unpaired) electrons. The van der Waals surface area contributed by atoms with Crippen molar-refractivity contribution in [3.63, 3.8) is 0 Å². The number of carbonyl (C=O) groups excluding carboxylic acids is 1. The van der Waals surface area contributed by atoms with Gasteiger partial charge in [0, 0.05) is 11.6 Å². The summed E-state index contributed by atoms with van der Waals surface area (Å²) in [7, 11) is 1.34. The minimum atomic E-state index is -0.401. The molecule has 0 N–H and O–H groups in total. The van der Waals surface area contributed by atoms with Crippen LogP contribution >= 0.6 is 0 Å². The van der Waals surface area contributed by atoms with Crippen LogP contribution < -0.4 is 0 Å². The normalized spacial score (nSPS) is 10.9. The molecule has 0 unspecified atom stereocenters. The van der Waals surface area contributed by atoms with Crippen LogP contribution in [0.1, 0.15) is 26.3 Å². The number of para-hydroxylation sites is 1. The van der Waals surface area contributed by atoms with E-state index in [1.54, 1.807) is 6.08 Å². The Morgan fingerprint density at radius 1 is 1.32 bits per heavy atom. The third-order valence-corrected chi connectivity index (χ3v) is 2.09. The molecule has 1 rings (SSSR count). The lowest BCUT2D eigenvalue weighted by Gasteiger charge is -2.07. The Bertz CT molecular complexity index is 533. The van der Waals surface area contributed by atoms with E-state index in [2.05, 4.69) is 20.7 Å². The number of carbonyl (C=O) groups is 1. The number of rotatable bonds is 3. The quantitative estimate of drug-likeness (QED) is 0.473. The second-order valence-corrected chi connectivity index (χ2v) is 4.91. The summed E-state index contributed by atoms with van der Waals surface area (Å²) >= 11 is 0. The number of methoxy groups -OCH3 is 1. The lowest BCUT2D eigenvalue weighted by molar-refractivity contribution is -0.134. The number of nitrogens with zero attached hydrogens (tertiary/aromatic N) is 2. The van der Waals surface area contributed by atoms with E-state index in [4.69, 9.17) is 0 Å². The predicted molar refractivity (Wildman–Crippen MR) is 76.8 cm³/mol.